The Morgan fingerprint density at radius 2 is 2.05 bits per heavy atom. The maximum atomic E-state index is 13.8. The third-order valence-corrected chi connectivity index (χ3v) is 5.45. The molecule has 1 aromatic rings. The number of benzene rings is 1. The van der Waals surface area contributed by atoms with Crippen LogP contribution in [0, 0.1) is 18.6 Å². The van der Waals surface area contributed by atoms with Gasteiger partial charge in [0.1, 0.15) is 16.5 Å². The molecule has 7 heteroatoms. The van der Waals surface area contributed by atoms with Crippen LogP contribution >= 0.6 is 0 Å². The highest BCUT2D eigenvalue weighted by atomic mass is 32.2. The third kappa shape index (κ3) is 2.70. The van der Waals surface area contributed by atoms with Gasteiger partial charge in [0.05, 0.1) is 6.61 Å². The summed E-state index contributed by atoms with van der Waals surface area (Å²) in [5.74, 6) is -1.81. The lowest BCUT2D eigenvalue weighted by atomic mass is 10.2. The highest BCUT2D eigenvalue weighted by Gasteiger charge is 2.36. The average molecular weight is 305 g/mol. The fourth-order valence-electron chi connectivity index (χ4n) is 2.44. The Morgan fingerprint density at radius 1 is 1.35 bits per heavy atom. The molecule has 1 unspecified atom stereocenters. The molecule has 0 saturated carbocycles. The first kappa shape index (κ1) is 15.3. The quantitative estimate of drug-likeness (QED) is 0.855. The summed E-state index contributed by atoms with van der Waals surface area (Å²) in [6.45, 7) is 2.00. The van der Waals surface area contributed by atoms with Crippen molar-refractivity contribution in [3.8, 4) is 0 Å². The third-order valence-electron chi connectivity index (χ3n) is 3.48. The van der Waals surface area contributed by atoms with E-state index >= 15 is 0 Å². The van der Waals surface area contributed by atoms with E-state index in [4.69, 9.17) is 4.74 Å². The topological polar surface area (TPSA) is 46.6 Å². The highest BCUT2D eigenvalue weighted by molar-refractivity contribution is 7.89. The van der Waals surface area contributed by atoms with E-state index in [1.807, 2.05) is 0 Å². The van der Waals surface area contributed by atoms with Gasteiger partial charge in [-0.1, -0.05) is 0 Å². The lowest BCUT2D eigenvalue weighted by molar-refractivity contribution is 0.149. The number of nitrogens with zero attached hydrogens (tertiary/aromatic N) is 1. The molecule has 1 aliphatic rings. The maximum Gasteiger partial charge on any atom is 0.246 e. The van der Waals surface area contributed by atoms with E-state index in [1.165, 1.54) is 18.3 Å². The monoisotopic (exact) mass is 305 g/mol. The molecule has 1 aliphatic heterocycles. The molecule has 0 spiro atoms. The van der Waals surface area contributed by atoms with Crippen LogP contribution in [0.4, 0.5) is 8.78 Å². The van der Waals surface area contributed by atoms with Crippen molar-refractivity contribution in [3.63, 3.8) is 0 Å². The second-order valence-corrected chi connectivity index (χ2v) is 6.76. The number of halogens is 2. The van der Waals surface area contributed by atoms with Crippen LogP contribution in [0.2, 0.25) is 0 Å². The first-order valence-electron chi connectivity index (χ1n) is 6.34. The fraction of sp³-hybridized carbons (Fsp3) is 0.538. The van der Waals surface area contributed by atoms with Crippen molar-refractivity contribution in [2.75, 3.05) is 20.3 Å². The molecule has 2 rings (SSSR count). The Kier molecular flexibility index (Phi) is 4.41. The predicted octanol–water partition coefficient (Wildman–Crippen LogP) is 2.07. The number of hydrogen-bond acceptors (Lipinski definition) is 3. The highest BCUT2D eigenvalue weighted by Crippen LogP contribution is 2.28. The smallest absolute Gasteiger partial charge is 0.246 e. The number of aryl methyl sites for hydroxylation is 1. The molecular formula is C13H17F2NO3S. The zero-order chi connectivity index (χ0) is 14.9. The molecule has 1 heterocycles. The molecule has 4 nitrogen and oxygen atoms in total. The van der Waals surface area contributed by atoms with Crippen molar-refractivity contribution < 1.29 is 21.9 Å². The van der Waals surface area contributed by atoms with E-state index in [0.717, 1.165) is 6.07 Å². The standard InChI is InChI=1S/C13H17F2NO3S/c1-9-6-13(12(15)7-11(9)14)20(17,18)16-5-3-4-10(16)8-19-2/h6-7,10H,3-5,8H2,1-2H3. The van der Waals surface area contributed by atoms with Crippen LogP contribution < -0.4 is 0 Å². The van der Waals surface area contributed by atoms with E-state index < -0.39 is 26.6 Å². The summed E-state index contributed by atoms with van der Waals surface area (Å²) in [7, 11) is -2.48. The molecule has 20 heavy (non-hydrogen) atoms. The van der Waals surface area contributed by atoms with Crippen LogP contribution in [0.5, 0.6) is 0 Å². The van der Waals surface area contributed by atoms with Crippen LogP contribution in [-0.2, 0) is 14.8 Å². The van der Waals surface area contributed by atoms with Gasteiger partial charge in [-0.05, 0) is 31.4 Å². The lowest BCUT2D eigenvalue weighted by Crippen LogP contribution is -2.38. The summed E-state index contributed by atoms with van der Waals surface area (Å²) in [4.78, 5) is -0.473. The summed E-state index contributed by atoms with van der Waals surface area (Å²) in [6, 6.07) is 1.36. The van der Waals surface area contributed by atoms with Crippen LogP contribution in [0.1, 0.15) is 18.4 Å². The summed E-state index contributed by atoms with van der Waals surface area (Å²) >= 11 is 0. The number of methoxy groups -OCH3 is 1. The lowest BCUT2D eigenvalue weighted by Gasteiger charge is -2.23. The van der Waals surface area contributed by atoms with Gasteiger partial charge < -0.3 is 4.74 Å². The van der Waals surface area contributed by atoms with Crippen molar-refractivity contribution in [1.29, 1.82) is 0 Å². The van der Waals surface area contributed by atoms with Gasteiger partial charge in [0.2, 0.25) is 10.0 Å². The Balaban J connectivity index is 2.42. The number of hydrogen-bond donors (Lipinski definition) is 0. The van der Waals surface area contributed by atoms with Crippen LogP contribution in [0.3, 0.4) is 0 Å². The van der Waals surface area contributed by atoms with Gasteiger partial charge in [-0.3, -0.25) is 0 Å². The van der Waals surface area contributed by atoms with Gasteiger partial charge in [0.15, 0.2) is 0 Å². The molecule has 1 saturated heterocycles. The summed E-state index contributed by atoms with van der Waals surface area (Å²) in [5.41, 5.74) is 0.104. The van der Waals surface area contributed by atoms with Gasteiger partial charge >= 0.3 is 0 Å². The van der Waals surface area contributed by atoms with Gasteiger partial charge in [-0.25, -0.2) is 17.2 Å². The van der Waals surface area contributed by atoms with Crippen molar-refractivity contribution in [1.82, 2.24) is 4.31 Å². The molecule has 1 fully saturated rings. The molecule has 0 aromatic heterocycles. The molecule has 1 atom stereocenters. The van der Waals surface area contributed by atoms with E-state index in [-0.39, 0.29) is 18.2 Å². The SMILES string of the molecule is COCC1CCCN1S(=O)(=O)c1cc(C)c(F)cc1F. The molecule has 112 valence electrons. The Morgan fingerprint density at radius 3 is 2.70 bits per heavy atom. The minimum atomic E-state index is -3.97. The molecule has 0 aliphatic carbocycles. The first-order valence-corrected chi connectivity index (χ1v) is 7.78. The molecule has 0 radical (unpaired) electrons. The summed E-state index contributed by atoms with van der Waals surface area (Å²) in [5, 5.41) is 0. The van der Waals surface area contributed by atoms with Crippen molar-refractivity contribution >= 4 is 10.0 Å². The van der Waals surface area contributed by atoms with Gasteiger partial charge in [0, 0.05) is 25.8 Å². The Bertz CT molecular complexity index is 604. The zero-order valence-electron chi connectivity index (χ0n) is 11.4. The fourth-order valence-corrected chi connectivity index (χ4v) is 4.25. The van der Waals surface area contributed by atoms with Crippen molar-refractivity contribution in [2.24, 2.45) is 0 Å². The summed E-state index contributed by atoms with van der Waals surface area (Å²) in [6.07, 6.45) is 1.38. The van der Waals surface area contributed by atoms with Crippen LogP contribution in [0.15, 0.2) is 17.0 Å². The zero-order valence-corrected chi connectivity index (χ0v) is 12.2. The van der Waals surface area contributed by atoms with E-state index in [2.05, 4.69) is 0 Å². The summed E-state index contributed by atoms with van der Waals surface area (Å²) < 4.78 is 58.3. The number of rotatable bonds is 4. The van der Waals surface area contributed by atoms with Crippen LogP contribution in [-0.4, -0.2) is 39.0 Å². The maximum absolute atomic E-state index is 13.8. The minimum absolute atomic E-state index is 0.104. The van der Waals surface area contributed by atoms with Gasteiger partial charge in [-0.15, -0.1) is 0 Å². The Hall–Kier alpha value is -1.05. The van der Waals surface area contributed by atoms with Crippen molar-refractivity contribution in [2.45, 2.75) is 30.7 Å². The van der Waals surface area contributed by atoms with Crippen molar-refractivity contribution in [3.05, 3.63) is 29.3 Å². The average Bonchev–Trinajstić information content (AvgIpc) is 2.83. The number of sulfonamides is 1. The van der Waals surface area contributed by atoms with E-state index in [9.17, 15) is 17.2 Å². The van der Waals surface area contributed by atoms with E-state index in [0.29, 0.717) is 25.5 Å². The van der Waals surface area contributed by atoms with Gasteiger partial charge in [0.25, 0.3) is 0 Å². The van der Waals surface area contributed by atoms with Crippen LogP contribution in [0.25, 0.3) is 0 Å². The Labute approximate surface area is 117 Å². The second-order valence-electron chi connectivity index (χ2n) is 4.90. The second kappa shape index (κ2) is 5.75. The predicted molar refractivity (Wildman–Crippen MR) is 69.9 cm³/mol. The largest absolute Gasteiger partial charge is 0.383 e. The molecular weight excluding hydrogens is 288 g/mol. The normalized spacial score (nSPS) is 20.5. The molecule has 0 bridgehead atoms. The number of ether oxygens (including phenoxy) is 1. The molecule has 0 N–H and O–H groups in total. The van der Waals surface area contributed by atoms with E-state index in [1.54, 1.807) is 0 Å². The minimum Gasteiger partial charge on any atom is -0.383 e. The molecule has 0 amide bonds. The molecule has 1 aromatic carbocycles. The van der Waals surface area contributed by atoms with Gasteiger partial charge in [-0.2, -0.15) is 4.31 Å². The first-order chi connectivity index (χ1) is 9.37.